The monoisotopic (exact) mass is 242 g/mol. The van der Waals surface area contributed by atoms with E-state index in [1.807, 2.05) is 4.90 Å². The second-order valence-corrected chi connectivity index (χ2v) is 3.92. The summed E-state index contributed by atoms with van der Waals surface area (Å²) < 4.78 is 36.2. The number of aliphatic hydroxyl groups is 2. The molecule has 0 aromatic heterocycles. The highest BCUT2D eigenvalue weighted by molar-refractivity contribution is 4.76. The van der Waals surface area contributed by atoms with Crippen LogP contribution in [0.15, 0.2) is 0 Å². The van der Waals surface area contributed by atoms with Crippen molar-refractivity contribution >= 4 is 0 Å². The molecule has 0 aromatic carbocycles. The molecule has 2 N–H and O–H groups in total. The van der Waals surface area contributed by atoms with Gasteiger partial charge in [0.05, 0.1) is 6.61 Å². The first-order chi connectivity index (χ1) is 7.43. The summed E-state index contributed by atoms with van der Waals surface area (Å²) in [4.78, 5) is 3.57. The molecule has 1 atom stereocenters. The first-order valence-electron chi connectivity index (χ1n) is 5.24. The van der Waals surface area contributed by atoms with Gasteiger partial charge in [0, 0.05) is 39.3 Å². The highest BCUT2D eigenvalue weighted by Gasteiger charge is 2.39. The van der Waals surface area contributed by atoms with Crippen LogP contribution in [0.4, 0.5) is 13.2 Å². The predicted octanol–water partition coefficient (Wildman–Crippen LogP) is -0.481. The minimum atomic E-state index is -4.54. The Morgan fingerprint density at radius 1 is 1.06 bits per heavy atom. The summed E-state index contributed by atoms with van der Waals surface area (Å²) in [5.74, 6) is 0. The zero-order chi connectivity index (χ0) is 12.2. The number of alkyl halides is 3. The van der Waals surface area contributed by atoms with Crippen molar-refractivity contribution in [3.63, 3.8) is 0 Å². The van der Waals surface area contributed by atoms with Gasteiger partial charge >= 0.3 is 6.18 Å². The Bertz CT molecular complexity index is 205. The molecule has 0 amide bonds. The van der Waals surface area contributed by atoms with Crippen LogP contribution in [-0.2, 0) is 0 Å². The van der Waals surface area contributed by atoms with Crippen molar-refractivity contribution in [1.29, 1.82) is 0 Å². The van der Waals surface area contributed by atoms with Crippen molar-refractivity contribution < 1.29 is 23.4 Å². The second kappa shape index (κ2) is 5.81. The topological polar surface area (TPSA) is 46.9 Å². The van der Waals surface area contributed by atoms with E-state index in [1.165, 1.54) is 0 Å². The number of aliphatic hydroxyl groups excluding tert-OH is 2. The van der Waals surface area contributed by atoms with E-state index >= 15 is 0 Å². The fraction of sp³-hybridized carbons (Fsp3) is 1.00. The summed E-state index contributed by atoms with van der Waals surface area (Å²) in [6, 6.07) is 0. The molecule has 0 spiro atoms. The molecule has 0 aromatic rings. The first-order valence-corrected chi connectivity index (χ1v) is 5.24. The molecule has 16 heavy (non-hydrogen) atoms. The average molecular weight is 242 g/mol. The van der Waals surface area contributed by atoms with Gasteiger partial charge in [0.15, 0.2) is 6.10 Å². The minimum absolute atomic E-state index is 0.0607. The summed E-state index contributed by atoms with van der Waals surface area (Å²) >= 11 is 0. The number of halogens is 3. The molecule has 0 unspecified atom stereocenters. The fourth-order valence-electron chi connectivity index (χ4n) is 1.68. The van der Waals surface area contributed by atoms with Gasteiger partial charge in [0.25, 0.3) is 0 Å². The number of nitrogens with zero attached hydrogens (tertiary/aromatic N) is 2. The van der Waals surface area contributed by atoms with Crippen LogP contribution in [0.25, 0.3) is 0 Å². The van der Waals surface area contributed by atoms with Gasteiger partial charge in [-0.25, -0.2) is 0 Å². The van der Waals surface area contributed by atoms with Crippen molar-refractivity contribution in [3.05, 3.63) is 0 Å². The smallest absolute Gasteiger partial charge is 0.395 e. The molecule has 1 aliphatic rings. The molecule has 96 valence electrons. The van der Waals surface area contributed by atoms with Crippen molar-refractivity contribution in [3.8, 4) is 0 Å². The Kier molecular flexibility index (Phi) is 4.97. The summed E-state index contributed by atoms with van der Waals surface area (Å²) in [5.41, 5.74) is 0. The lowest BCUT2D eigenvalue weighted by Gasteiger charge is -2.35. The molecule has 1 heterocycles. The Hall–Kier alpha value is -0.370. The van der Waals surface area contributed by atoms with E-state index in [1.54, 1.807) is 4.90 Å². The summed E-state index contributed by atoms with van der Waals surface area (Å²) in [6.07, 6.45) is -6.81. The van der Waals surface area contributed by atoms with E-state index in [0.29, 0.717) is 32.7 Å². The number of hydrogen-bond donors (Lipinski definition) is 2. The Balaban J connectivity index is 2.27. The van der Waals surface area contributed by atoms with E-state index < -0.39 is 12.3 Å². The largest absolute Gasteiger partial charge is 0.415 e. The van der Waals surface area contributed by atoms with Crippen molar-refractivity contribution in [2.75, 3.05) is 45.9 Å². The van der Waals surface area contributed by atoms with Gasteiger partial charge in [0.2, 0.25) is 0 Å². The molecular formula is C9H17F3N2O2. The molecule has 4 nitrogen and oxygen atoms in total. The van der Waals surface area contributed by atoms with Crippen LogP contribution in [0.3, 0.4) is 0 Å². The SMILES string of the molecule is OCCN1CCN(C[C@@H](O)C(F)(F)F)CC1. The summed E-state index contributed by atoms with van der Waals surface area (Å²) in [7, 11) is 0. The molecule has 7 heteroatoms. The summed E-state index contributed by atoms with van der Waals surface area (Å²) in [6.45, 7) is 2.49. The molecule has 0 bridgehead atoms. The van der Waals surface area contributed by atoms with E-state index in [2.05, 4.69) is 0 Å². The predicted molar refractivity (Wildman–Crippen MR) is 52.0 cm³/mol. The lowest BCUT2D eigenvalue weighted by Crippen LogP contribution is -2.51. The van der Waals surface area contributed by atoms with Gasteiger partial charge < -0.3 is 10.2 Å². The lowest BCUT2D eigenvalue weighted by molar-refractivity contribution is -0.208. The Labute approximate surface area is 92.3 Å². The average Bonchev–Trinajstić information content (AvgIpc) is 2.20. The highest BCUT2D eigenvalue weighted by atomic mass is 19.4. The maximum Gasteiger partial charge on any atom is 0.415 e. The van der Waals surface area contributed by atoms with Crippen LogP contribution in [0.1, 0.15) is 0 Å². The zero-order valence-corrected chi connectivity index (χ0v) is 8.95. The van der Waals surface area contributed by atoms with Crippen molar-refractivity contribution in [1.82, 2.24) is 9.80 Å². The summed E-state index contributed by atoms with van der Waals surface area (Å²) in [5, 5.41) is 17.6. The van der Waals surface area contributed by atoms with Crippen LogP contribution < -0.4 is 0 Å². The van der Waals surface area contributed by atoms with Crippen LogP contribution in [0.5, 0.6) is 0 Å². The third kappa shape index (κ3) is 4.25. The standard InChI is InChI=1S/C9H17F3N2O2/c10-9(11,12)8(16)7-14-3-1-13(2-4-14)5-6-15/h8,15-16H,1-7H2/t8-/m1/s1. The number of β-amino-alcohol motifs (C(OH)–C–C–N with tert-alkyl or cyclic N) is 2. The van der Waals surface area contributed by atoms with Gasteiger partial charge in [-0.1, -0.05) is 0 Å². The normalized spacial score (nSPS) is 22.3. The zero-order valence-electron chi connectivity index (χ0n) is 8.95. The van der Waals surface area contributed by atoms with Crippen LogP contribution >= 0.6 is 0 Å². The number of rotatable bonds is 4. The second-order valence-electron chi connectivity index (χ2n) is 3.92. The molecule has 0 saturated carbocycles. The van der Waals surface area contributed by atoms with E-state index in [9.17, 15) is 13.2 Å². The van der Waals surface area contributed by atoms with E-state index in [0.717, 1.165) is 0 Å². The molecule has 1 saturated heterocycles. The third-order valence-corrected chi connectivity index (χ3v) is 2.69. The first kappa shape index (κ1) is 13.7. The lowest BCUT2D eigenvalue weighted by atomic mass is 10.2. The third-order valence-electron chi connectivity index (χ3n) is 2.69. The van der Waals surface area contributed by atoms with Gasteiger partial charge in [-0.05, 0) is 0 Å². The highest BCUT2D eigenvalue weighted by Crippen LogP contribution is 2.21. The number of hydrogen-bond acceptors (Lipinski definition) is 4. The van der Waals surface area contributed by atoms with Gasteiger partial charge in [-0.3, -0.25) is 9.80 Å². The van der Waals surface area contributed by atoms with E-state index in [4.69, 9.17) is 10.2 Å². The number of piperazine rings is 1. The van der Waals surface area contributed by atoms with Crippen LogP contribution in [0, 0.1) is 0 Å². The Morgan fingerprint density at radius 2 is 1.56 bits per heavy atom. The van der Waals surface area contributed by atoms with E-state index in [-0.39, 0.29) is 13.2 Å². The van der Waals surface area contributed by atoms with Crippen molar-refractivity contribution in [2.24, 2.45) is 0 Å². The maximum atomic E-state index is 12.1. The minimum Gasteiger partial charge on any atom is -0.395 e. The molecular weight excluding hydrogens is 225 g/mol. The Morgan fingerprint density at radius 3 is 2.00 bits per heavy atom. The molecule has 0 aliphatic carbocycles. The van der Waals surface area contributed by atoms with Gasteiger partial charge in [-0.15, -0.1) is 0 Å². The quantitative estimate of drug-likeness (QED) is 0.699. The molecule has 1 aliphatic heterocycles. The molecule has 1 fully saturated rings. The van der Waals surface area contributed by atoms with Crippen molar-refractivity contribution in [2.45, 2.75) is 12.3 Å². The maximum absolute atomic E-state index is 12.1. The molecule has 1 rings (SSSR count). The molecule has 0 radical (unpaired) electrons. The fourth-order valence-corrected chi connectivity index (χ4v) is 1.68. The van der Waals surface area contributed by atoms with Gasteiger partial charge in [-0.2, -0.15) is 13.2 Å². The van der Waals surface area contributed by atoms with Crippen LogP contribution in [0.2, 0.25) is 0 Å². The van der Waals surface area contributed by atoms with Crippen LogP contribution in [-0.4, -0.2) is 78.2 Å². The van der Waals surface area contributed by atoms with Gasteiger partial charge in [0.1, 0.15) is 0 Å².